The number of carbonyl (C=O) groups excluding carboxylic acids is 1. The van der Waals surface area contributed by atoms with Crippen LogP contribution < -0.4 is 5.32 Å². The zero-order valence-electron chi connectivity index (χ0n) is 14.9. The second-order valence-corrected chi connectivity index (χ2v) is 6.86. The Kier molecular flexibility index (Phi) is 4.20. The van der Waals surface area contributed by atoms with E-state index in [2.05, 4.69) is 15.5 Å². The zero-order valence-corrected chi connectivity index (χ0v) is 14.9. The Hall–Kier alpha value is -2.73. The van der Waals surface area contributed by atoms with Gasteiger partial charge in [-0.1, -0.05) is 35.0 Å². The number of amides is 1. The van der Waals surface area contributed by atoms with Gasteiger partial charge in [0.05, 0.1) is 28.4 Å². The molecule has 134 valence electrons. The van der Waals surface area contributed by atoms with Crippen molar-refractivity contribution in [2.75, 3.05) is 18.5 Å². The van der Waals surface area contributed by atoms with Crippen LogP contribution in [0, 0.1) is 13.8 Å². The van der Waals surface area contributed by atoms with Crippen molar-refractivity contribution in [3.05, 3.63) is 53.3 Å². The Balaban J connectivity index is 1.67. The van der Waals surface area contributed by atoms with Crippen LogP contribution in [-0.4, -0.2) is 29.3 Å². The Morgan fingerprint density at radius 1 is 1.15 bits per heavy atom. The van der Waals surface area contributed by atoms with Crippen molar-refractivity contribution in [3.63, 3.8) is 0 Å². The van der Waals surface area contributed by atoms with Crippen LogP contribution in [0.4, 0.5) is 5.69 Å². The van der Waals surface area contributed by atoms with Gasteiger partial charge in [-0.05, 0) is 38.3 Å². The van der Waals surface area contributed by atoms with Crippen LogP contribution in [0.2, 0.25) is 0 Å². The van der Waals surface area contributed by atoms with Crippen molar-refractivity contribution in [2.45, 2.75) is 32.1 Å². The first-order valence-corrected chi connectivity index (χ1v) is 8.77. The van der Waals surface area contributed by atoms with E-state index >= 15 is 0 Å². The molecule has 1 aromatic carbocycles. The molecule has 3 aromatic rings. The lowest BCUT2D eigenvalue weighted by atomic mass is 9.73. The number of hydrogen-bond donors (Lipinski definition) is 1. The predicted octanol–water partition coefficient (Wildman–Crippen LogP) is 3.53. The van der Waals surface area contributed by atoms with E-state index in [1.54, 1.807) is 6.20 Å². The lowest BCUT2D eigenvalue weighted by Gasteiger charge is -2.36. The van der Waals surface area contributed by atoms with E-state index in [-0.39, 0.29) is 5.91 Å². The molecule has 1 aliphatic rings. The van der Waals surface area contributed by atoms with Gasteiger partial charge in [0.15, 0.2) is 0 Å². The van der Waals surface area contributed by atoms with Crippen LogP contribution in [0.5, 0.6) is 0 Å². The van der Waals surface area contributed by atoms with Gasteiger partial charge in [-0.15, -0.1) is 0 Å². The van der Waals surface area contributed by atoms with Gasteiger partial charge in [0.1, 0.15) is 0 Å². The minimum absolute atomic E-state index is 0.0279. The molecule has 6 heteroatoms. The van der Waals surface area contributed by atoms with Crippen LogP contribution in [0.3, 0.4) is 0 Å². The lowest BCUT2D eigenvalue weighted by molar-refractivity contribution is -0.125. The SMILES string of the molecule is Cc1ccc(C2(C(=O)Nc3cnc4onc(C)c4c3)CCOCC2)cc1. The first kappa shape index (κ1) is 16.7. The molecule has 3 heterocycles. The summed E-state index contributed by atoms with van der Waals surface area (Å²) >= 11 is 0. The normalized spacial score (nSPS) is 16.5. The number of benzene rings is 1. The second kappa shape index (κ2) is 6.53. The molecule has 1 amide bonds. The highest BCUT2D eigenvalue weighted by atomic mass is 16.5. The van der Waals surface area contributed by atoms with Crippen LogP contribution in [0.1, 0.15) is 29.7 Å². The Morgan fingerprint density at radius 3 is 2.62 bits per heavy atom. The molecule has 0 radical (unpaired) electrons. The Morgan fingerprint density at radius 2 is 1.88 bits per heavy atom. The minimum Gasteiger partial charge on any atom is -0.381 e. The number of rotatable bonds is 3. The number of ether oxygens (including phenoxy) is 1. The number of aromatic nitrogens is 2. The summed E-state index contributed by atoms with van der Waals surface area (Å²) in [7, 11) is 0. The molecule has 1 saturated heterocycles. The van der Waals surface area contributed by atoms with Crippen LogP contribution in [0.15, 0.2) is 41.1 Å². The van der Waals surface area contributed by atoms with E-state index in [0.717, 1.165) is 16.6 Å². The molecule has 1 aliphatic heterocycles. The van der Waals surface area contributed by atoms with Crippen molar-refractivity contribution in [3.8, 4) is 0 Å². The summed E-state index contributed by atoms with van der Waals surface area (Å²) in [4.78, 5) is 17.5. The van der Waals surface area contributed by atoms with Crippen molar-refractivity contribution in [1.29, 1.82) is 0 Å². The third-order valence-corrected chi connectivity index (χ3v) is 5.15. The Bertz CT molecular complexity index is 941. The third kappa shape index (κ3) is 2.86. The van der Waals surface area contributed by atoms with Crippen molar-refractivity contribution >= 4 is 22.7 Å². The molecule has 4 rings (SSSR count). The summed E-state index contributed by atoms with van der Waals surface area (Å²) in [6.45, 7) is 5.04. The third-order valence-electron chi connectivity index (χ3n) is 5.15. The van der Waals surface area contributed by atoms with Crippen LogP contribution in [0.25, 0.3) is 11.1 Å². The minimum atomic E-state index is -0.593. The quantitative estimate of drug-likeness (QED) is 0.781. The maximum Gasteiger partial charge on any atom is 0.258 e. The number of nitrogens with one attached hydrogen (secondary N) is 1. The van der Waals surface area contributed by atoms with Gasteiger partial charge in [-0.2, -0.15) is 0 Å². The molecular weight excluding hydrogens is 330 g/mol. The smallest absolute Gasteiger partial charge is 0.258 e. The standard InChI is InChI=1S/C20H21N3O3/c1-13-3-5-15(6-4-13)20(7-9-25-10-8-20)19(24)22-16-11-17-14(2)23-26-18(17)21-12-16/h3-6,11-12H,7-10H2,1-2H3,(H,22,24). The van der Waals surface area contributed by atoms with Gasteiger partial charge < -0.3 is 14.6 Å². The number of carbonyl (C=O) groups is 1. The number of fused-ring (bicyclic) bond motifs is 1. The van der Waals surface area contributed by atoms with Gasteiger partial charge in [-0.25, -0.2) is 4.98 Å². The van der Waals surface area contributed by atoms with E-state index in [1.165, 1.54) is 5.56 Å². The molecule has 0 unspecified atom stereocenters. The van der Waals surface area contributed by atoms with Crippen LogP contribution >= 0.6 is 0 Å². The fourth-order valence-electron chi connectivity index (χ4n) is 3.50. The average molecular weight is 351 g/mol. The van der Waals surface area contributed by atoms with Gasteiger partial charge in [0, 0.05) is 13.2 Å². The first-order valence-electron chi connectivity index (χ1n) is 8.77. The number of anilines is 1. The molecule has 0 spiro atoms. The van der Waals surface area contributed by atoms with Gasteiger partial charge in [-0.3, -0.25) is 4.79 Å². The topological polar surface area (TPSA) is 77.3 Å². The summed E-state index contributed by atoms with van der Waals surface area (Å²) < 4.78 is 10.7. The Labute approximate surface area is 151 Å². The average Bonchev–Trinajstić information content (AvgIpc) is 3.03. The molecule has 6 nitrogen and oxygen atoms in total. The summed E-state index contributed by atoms with van der Waals surface area (Å²) in [5.74, 6) is -0.0279. The van der Waals surface area contributed by atoms with E-state index in [1.807, 2.05) is 44.2 Å². The van der Waals surface area contributed by atoms with E-state index < -0.39 is 5.41 Å². The molecule has 0 saturated carbocycles. The predicted molar refractivity (Wildman–Crippen MR) is 98.1 cm³/mol. The molecule has 0 aliphatic carbocycles. The number of nitrogens with zero attached hydrogens (tertiary/aromatic N) is 2. The van der Waals surface area contributed by atoms with E-state index in [9.17, 15) is 4.79 Å². The summed E-state index contributed by atoms with van der Waals surface area (Å²) in [6, 6.07) is 10.0. The van der Waals surface area contributed by atoms with Gasteiger partial charge in [0.2, 0.25) is 5.91 Å². The van der Waals surface area contributed by atoms with Crippen molar-refractivity contribution in [1.82, 2.24) is 10.1 Å². The largest absolute Gasteiger partial charge is 0.381 e. The molecule has 26 heavy (non-hydrogen) atoms. The lowest BCUT2D eigenvalue weighted by Crippen LogP contribution is -2.44. The highest BCUT2D eigenvalue weighted by molar-refractivity contribution is 6.00. The molecule has 1 fully saturated rings. The molecular formula is C20H21N3O3. The molecule has 1 N–H and O–H groups in total. The fraction of sp³-hybridized carbons (Fsp3) is 0.350. The number of hydrogen-bond acceptors (Lipinski definition) is 5. The maximum atomic E-state index is 13.3. The summed E-state index contributed by atoms with van der Waals surface area (Å²) in [5.41, 5.74) is 3.48. The van der Waals surface area contributed by atoms with E-state index in [4.69, 9.17) is 9.26 Å². The van der Waals surface area contributed by atoms with Crippen molar-refractivity contribution < 1.29 is 14.1 Å². The number of aryl methyl sites for hydroxylation is 2. The summed E-state index contributed by atoms with van der Waals surface area (Å²) in [5, 5.41) is 7.76. The molecule has 0 bridgehead atoms. The highest BCUT2D eigenvalue weighted by Crippen LogP contribution is 2.36. The zero-order chi connectivity index (χ0) is 18.1. The van der Waals surface area contributed by atoms with Gasteiger partial charge in [0.25, 0.3) is 5.71 Å². The fourth-order valence-corrected chi connectivity index (χ4v) is 3.50. The maximum absolute atomic E-state index is 13.3. The van der Waals surface area contributed by atoms with Crippen LogP contribution in [-0.2, 0) is 14.9 Å². The second-order valence-electron chi connectivity index (χ2n) is 6.86. The van der Waals surface area contributed by atoms with Crippen molar-refractivity contribution in [2.24, 2.45) is 0 Å². The van der Waals surface area contributed by atoms with Gasteiger partial charge >= 0.3 is 0 Å². The highest BCUT2D eigenvalue weighted by Gasteiger charge is 2.41. The monoisotopic (exact) mass is 351 g/mol. The molecule has 0 atom stereocenters. The molecule has 2 aromatic heterocycles. The first-order chi connectivity index (χ1) is 12.6. The number of pyridine rings is 1. The summed E-state index contributed by atoms with van der Waals surface area (Å²) in [6.07, 6.45) is 2.92. The van der Waals surface area contributed by atoms with E-state index in [0.29, 0.717) is 37.5 Å².